The minimum absolute atomic E-state index is 0.0288. The molecule has 1 aromatic heterocycles. The number of hydrazine groups is 1. The molecule has 0 aliphatic rings. The van der Waals surface area contributed by atoms with Gasteiger partial charge in [0.25, 0.3) is 0 Å². The van der Waals surface area contributed by atoms with Gasteiger partial charge in [-0.05, 0) is 0 Å². The third kappa shape index (κ3) is 4.60. The maximum atomic E-state index is 12.1. The first kappa shape index (κ1) is 15.0. The van der Waals surface area contributed by atoms with Crippen LogP contribution in [0.1, 0.15) is 6.42 Å². The monoisotopic (exact) mass is 298 g/mol. The molecule has 0 atom stereocenters. The zero-order chi connectivity index (χ0) is 15.3. The van der Waals surface area contributed by atoms with Crippen molar-refractivity contribution in [3.8, 4) is 17.3 Å². The van der Waals surface area contributed by atoms with Crippen LogP contribution in [-0.4, -0.2) is 22.8 Å². The fraction of sp³-hybridized carbons (Fsp3) is 0.231. The van der Waals surface area contributed by atoms with Gasteiger partial charge >= 0.3 is 6.18 Å². The summed E-state index contributed by atoms with van der Waals surface area (Å²) < 4.78 is 41.3. The van der Waals surface area contributed by atoms with Gasteiger partial charge in [0.15, 0.2) is 5.82 Å². The largest absolute Gasteiger partial charge is 0.477 e. The third-order valence-corrected chi connectivity index (χ3v) is 2.52. The van der Waals surface area contributed by atoms with Crippen molar-refractivity contribution in [1.29, 1.82) is 0 Å². The Kier molecular flexibility index (Phi) is 4.59. The number of aromatic nitrogens is 2. The Morgan fingerprint density at radius 1 is 1.14 bits per heavy atom. The average molecular weight is 298 g/mol. The van der Waals surface area contributed by atoms with Crippen LogP contribution < -0.4 is 16.0 Å². The van der Waals surface area contributed by atoms with Crippen molar-refractivity contribution in [1.82, 2.24) is 9.97 Å². The Balaban J connectivity index is 2.18. The van der Waals surface area contributed by atoms with E-state index in [9.17, 15) is 13.2 Å². The zero-order valence-electron chi connectivity index (χ0n) is 10.9. The van der Waals surface area contributed by atoms with Crippen LogP contribution in [0.15, 0.2) is 36.4 Å². The number of alkyl halides is 3. The summed E-state index contributed by atoms with van der Waals surface area (Å²) in [4.78, 5) is 8.20. The zero-order valence-corrected chi connectivity index (χ0v) is 10.9. The van der Waals surface area contributed by atoms with Crippen LogP contribution in [0.5, 0.6) is 5.88 Å². The van der Waals surface area contributed by atoms with Gasteiger partial charge in [-0.25, -0.2) is 10.8 Å². The second-order valence-electron chi connectivity index (χ2n) is 4.14. The third-order valence-electron chi connectivity index (χ3n) is 2.52. The minimum atomic E-state index is -4.27. The van der Waals surface area contributed by atoms with Crippen LogP contribution >= 0.6 is 0 Å². The molecule has 5 nitrogen and oxygen atoms in total. The van der Waals surface area contributed by atoms with Gasteiger partial charge in [0.05, 0.1) is 13.0 Å². The lowest BCUT2D eigenvalue weighted by Gasteiger charge is -2.10. The lowest BCUT2D eigenvalue weighted by atomic mass is 10.2. The summed E-state index contributed by atoms with van der Waals surface area (Å²) in [5, 5.41) is 0. The molecule has 1 aromatic carbocycles. The minimum Gasteiger partial charge on any atom is -0.477 e. The quantitative estimate of drug-likeness (QED) is 0.656. The molecule has 0 unspecified atom stereocenters. The molecule has 8 heteroatoms. The number of nitrogens with zero attached hydrogens (tertiary/aromatic N) is 2. The SMILES string of the molecule is NNc1cc(OCCC(F)(F)F)nc(-c2ccccc2)n1. The number of benzene rings is 1. The van der Waals surface area contributed by atoms with E-state index in [1.54, 1.807) is 24.3 Å². The van der Waals surface area contributed by atoms with Crippen LogP contribution in [-0.2, 0) is 0 Å². The number of nitrogens with two attached hydrogens (primary N) is 1. The molecule has 3 N–H and O–H groups in total. The fourth-order valence-corrected chi connectivity index (χ4v) is 1.56. The summed E-state index contributed by atoms with van der Waals surface area (Å²) in [6, 6.07) is 10.3. The maximum Gasteiger partial charge on any atom is 0.392 e. The molecule has 1 heterocycles. The molecule has 2 aromatic rings. The Labute approximate surface area is 118 Å². The van der Waals surface area contributed by atoms with E-state index in [0.717, 1.165) is 0 Å². The summed E-state index contributed by atoms with van der Waals surface area (Å²) in [6.07, 6.45) is -5.33. The predicted octanol–water partition coefficient (Wildman–Crippen LogP) is 2.76. The van der Waals surface area contributed by atoms with E-state index >= 15 is 0 Å². The van der Waals surface area contributed by atoms with Crippen molar-refractivity contribution in [2.45, 2.75) is 12.6 Å². The molecule has 0 bridgehead atoms. The van der Waals surface area contributed by atoms with Gasteiger partial charge in [-0.2, -0.15) is 18.2 Å². The smallest absolute Gasteiger partial charge is 0.392 e. The van der Waals surface area contributed by atoms with Gasteiger partial charge < -0.3 is 10.2 Å². The molecular formula is C13H13F3N4O. The number of hydrogen-bond donors (Lipinski definition) is 2. The lowest BCUT2D eigenvalue weighted by Crippen LogP contribution is -2.14. The van der Waals surface area contributed by atoms with Gasteiger partial charge in [-0.15, -0.1) is 0 Å². The van der Waals surface area contributed by atoms with Gasteiger partial charge in [0, 0.05) is 11.6 Å². The Morgan fingerprint density at radius 2 is 1.86 bits per heavy atom. The van der Waals surface area contributed by atoms with Crippen molar-refractivity contribution >= 4 is 5.82 Å². The van der Waals surface area contributed by atoms with Crippen molar-refractivity contribution in [2.24, 2.45) is 5.84 Å². The maximum absolute atomic E-state index is 12.1. The Hall–Kier alpha value is -2.35. The normalized spacial score (nSPS) is 11.2. The molecule has 21 heavy (non-hydrogen) atoms. The Bertz CT molecular complexity index is 590. The van der Waals surface area contributed by atoms with Crippen molar-refractivity contribution < 1.29 is 17.9 Å². The van der Waals surface area contributed by atoms with Crippen LogP contribution in [0.2, 0.25) is 0 Å². The predicted molar refractivity (Wildman–Crippen MR) is 71.4 cm³/mol. The number of hydrogen-bond acceptors (Lipinski definition) is 5. The molecule has 0 saturated heterocycles. The number of halogens is 3. The van der Waals surface area contributed by atoms with E-state index in [0.29, 0.717) is 11.4 Å². The second kappa shape index (κ2) is 6.40. The van der Waals surface area contributed by atoms with Crippen molar-refractivity contribution in [3.63, 3.8) is 0 Å². The van der Waals surface area contributed by atoms with Crippen LogP contribution in [0, 0.1) is 0 Å². The number of nitrogen functional groups attached to an aromatic ring is 1. The molecule has 0 aliphatic heterocycles. The number of nitrogens with one attached hydrogen (secondary N) is 1. The highest BCUT2D eigenvalue weighted by atomic mass is 19.4. The molecule has 0 spiro atoms. The summed E-state index contributed by atoms with van der Waals surface area (Å²) in [7, 11) is 0. The Morgan fingerprint density at radius 3 is 2.48 bits per heavy atom. The number of rotatable bonds is 5. The van der Waals surface area contributed by atoms with E-state index in [1.165, 1.54) is 6.07 Å². The van der Waals surface area contributed by atoms with E-state index in [1.807, 2.05) is 6.07 Å². The van der Waals surface area contributed by atoms with Gasteiger partial charge in [-0.1, -0.05) is 30.3 Å². The molecule has 0 saturated carbocycles. The topological polar surface area (TPSA) is 73.1 Å². The lowest BCUT2D eigenvalue weighted by molar-refractivity contribution is -0.139. The van der Waals surface area contributed by atoms with Crippen molar-refractivity contribution in [3.05, 3.63) is 36.4 Å². The fourth-order valence-electron chi connectivity index (χ4n) is 1.56. The summed E-state index contributed by atoms with van der Waals surface area (Å²) >= 11 is 0. The summed E-state index contributed by atoms with van der Waals surface area (Å²) in [5.41, 5.74) is 3.03. The molecule has 2 rings (SSSR count). The molecule has 0 amide bonds. The van der Waals surface area contributed by atoms with E-state index in [2.05, 4.69) is 15.4 Å². The highest BCUT2D eigenvalue weighted by Crippen LogP contribution is 2.23. The average Bonchev–Trinajstić information content (AvgIpc) is 2.46. The molecular weight excluding hydrogens is 285 g/mol. The van der Waals surface area contributed by atoms with Gasteiger partial charge in [-0.3, -0.25) is 0 Å². The highest BCUT2D eigenvalue weighted by Gasteiger charge is 2.27. The second-order valence-corrected chi connectivity index (χ2v) is 4.14. The van der Waals surface area contributed by atoms with E-state index in [-0.39, 0.29) is 11.7 Å². The van der Waals surface area contributed by atoms with Crippen LogP contribution in [0.4, 0.5) is 19.0 Å². The summed E-state index contributed by atoms with van der Waals surface area (Å²) in [6.45, 7) is -0.515. The first-order valence-corrected chi connectivity index (χ1v) is 6.08. The summed E-state index contributed by atoms with van der Waals surface area (Å²) in [5.74, 6) is 5.88. The first-order valence-electron chi connectivity index (χ1n) is 6.08. The van der Waals surface area contributed by atoms with Crippen molar-refractivity contribution in [2.75, 3.05) is 12.0 Å². The molecule has 0 fully saturated rings. The van der Waals surface area contributed by atoms with Crippen LogP contribution in [0.3, 0.4) is 0 Å². The van der Waals surface area contributed by atoms with E-state index in [4.69, 9.17) is 10.6 Å². The number of anilines is 1. The molecule has 112 valence electrons. The molecule has 0 aliphatic carbocycles. The van der Waals surface area contributed by atoms with Gasteiger partial charge in [0.2, 0.25) is 5.88 Å². The number of ether oxygens (including phenoxy) is 1. The first-order chi connectivity index (χ1) is 9.98. The van der Waals surface area contributed by atoms with E-state index < -0.39 is 19.2 Å². The standard InChI is InChI=1S/C13H13F3N4O/c14-13(15,16)6-7-21-11-8-10(20-17)18-12(19-11)9-4-2-1-3-5-9/h1-5,8H,6-7,17H2,(H,18,19,20). The van der Waals surface area contributed by atoms with Crippen LogP contribution in [0.25, 0.3) is 11.4 Å². The highest BCUT2D eigenvalue weighted by molar-refractivity contribution is 5.57. The molecule has 0 radical (unpaired) electrons. The van der Waals surface area contributed by atoms with Gasteiger partial charge in [0.1, 0.15) is 5.82 Å².